The van der Waals surface area contributed by atoms with Crippen molar-refractivity contribution in [1.29, 1.82) is 0 Å². The number of anilines is 1. The summed E-state index contributed by atoms with van der Waals surface area (Å²) in [5.41, 5.74) is 1.57. The predicted octanol–water partition coefficient (Wildman–Crippen LogP) is 3.15. The van der Waals surface area contributed by atoms with Crippen LogP contribution in [-0.4, -0.2) is 31.7 Å². The smallest absolute Gasteiger partial charge is 0.262 e. The molecule has 0 unspecified atom stereocenters. The zero-order valence-electron chi connectivity index (χ0n) is 13.9. The van der Waals surface area contributed by atoms with Crippen LogP contribution >= 0.6 is 0 Å². The number of nitrogens with zero attached hydrogens (tertiary/aromatic N) is 1. The van der Waals surface area contributed by atoms with Gasteiger partial charge in [-0.1, -0.05) is 18.2 Å². The molecule has 1 amide bonds. The van der Waals surface area contributed by atoms with Gasteiger partial charge in [0.1, 0.15) is 0 Å². The Hall–Kier alpha value is -3.02. The number of allylic oxidation sites excluding steroid dienone is 1. The summed E-state index contributed by atoms with van der Waals surface area (Å²) in [7, 11) is 3.09. The Morgan fingerprint density at radius 3 is 2.62 bits per heavy atom. The van der Waals surface area contributed by atoms with Gasteiger partial charge in [0.05, 0.1) is 26.1 Å². The summed E-state index contributed by atoms with van der Waals surface area (Å²) < 4.78 is 15.8. The number of hydrogen-bond acceptors (Lipinski definition) is 5. The van der Waals surface area contributed by atoms with Crippen LogP contribution < -0.4 is 19.5 Å². The lowest BCUT2D eigenvalue weighted by Gasteiger charge is -2.11. The van der Waals surface area contributed by atoms with E-state index in [-0.39, 0.29) is 12.5 Å². The fourth-order valence-electron chi connectivity index (χ4n) is 2.01. The highest BCUT2D eigenvalue weighted by atomic mass is 16.5. The van der Waals surface area contributed by atoms with E-state index in [1.807, 2.05) is 31.2 Å². The van der Waals surface area contributed by atoms with Gasteiger partial charge in [0.2, 0.25) is 5.88 Å². The maximum Gasteiger partial charge on any atom is 0.262 e. The minimum Gasteiger partial charge on any atom is -0.493 e. The third-order valence-corrected chi connectivity index (χ3v) is 3.13. The topological polar surface area (TPSA) is 69.7 Å². The first-order valence-corrected chi connectivity index (χ1v) is 7.39. The van der Waals surface area contributed by atoms with Crippen molar-refractivity contribution in [3.8, 4) is 17.4 Å². The van der Waals surface area contributed by atoms with E-state index in [2.05, 4.69) is 10.3 Å². The Labute approximate surface area is 141 Å². The number of hydrogen-bond donors (Lipinski definition) is 1. The largest absolute Gasteiger partial charge is 0.493 e. The van der Waals surface area contributed by atoms with Crippen LogP contribution in [0.4, 0.5) is 5.69 Å². The number of amides is 1. The standard InChI is InChI=1S/C18H20N2O4/c1-4-5-13-6-8-15(16(10-13)22-2)24-12-17(21)20-14-7-9-18(23-3)19-11-14/h4-11H,12H2,1-3H3,(H,20,21). The van der Waals surface area contributed by atoms with E-state index < -0.39 is 0 Å². The Kier molecular flexibility index (Phi) is 6.19. The Morgan fingerprint density at radius 1 is 1.17 bits per heavy atom. The van der Waals surface area contributed by atoms with E-state index in [1.54, 1.807) is 25.3 Å². The highest BCUT2D eigenvalue weighted by Crippen LogP contribution is 2.28. The molecule has 0 fully saturated rings. The van der Waals surface area contributed by atoms with Crippen LogP contribution in [0.15, 0.2) is 42.6 Å². The molecule has 0 spiro atoms. The first-order valence-electron chi connectivity index (χ1n) is 7.39. The quantitative estimate of drug-likeness (QED) is 0.845. The molecule has 1 N–H and O–H groups in total. The van der Waals surface area contributed by atoms with Crippen molar-refractivity contribution in [3.63, 3.8) is 0 Å². The van der Waals surface area contributed by atoms with E-state index in [0.717, 1.165) is 5.56 Å². The van der Waals surface area contributed by atoms with Crippen molar-refractivity contribution < 1.29 is 19.0 Å². The molecule has 0 saturated carbocycles. The molecular weight excluding hydrogens is 308 g/mol. The van der Waals surface area contributed by atoms with Gasteiger partial charge in [0.15, 0.2) is 18.1 Å². The van der Waals surface area contributed by atoms with E-state index in [1.165, 1.54) is 13.3 Å². The van der Waals surface area contributed by atoms with Gasteiger partial charge in [0.25, 0.3) is 5.91 Å². The first-order chi connectivity index (χ1) is 11.7. The number of carbonyl (C=O) groups excluding carboxylic acids is 1. The molecule has 0 aliphatic heterocycles. The van der Waals surface area contributed by atoms with Gasteiger partial charge in [-0.2, -0.15) is 0 Å². The van der Waals surface area contributed by atoms with E-state index >= 15 is 0 Å². The van der Waals surface area contributed by atoms with Gasteiger partial charge < -0.3 is 19.5 Å². The van der Waals surface area contributed by atoms with E-state index in [4.69, 9.17) is 14.2 Å². The number of ether oxygens (including phenoxy) is 3. The Bertz CT molecular complexity index is 711. The minimum atomic E-state index is -0.290. The van der Waals surface area contributed by atoms with Gasteiger partial charge >= 0.3 is 0 Å². The fourth-order valence-corrected chi connectivity index (χ4v) is 2.01. The zero-order chi connectivity index (χ0) is 17.4. The van der Waals surface area contributed by atoms with Crippen molar-refractivity contribution in [2.75, 3.05) is 26.1 Å². The lowest BCUT2D eigenvalue weighted by Crippen LogP contribution is -2.20. The van der Waals surface area contributed by atoms with Crippen molar-refractivity contribution in [1.82, 2.24) is 4.98 Å². The zero-order valence-corrected chi connectivity index (χ0v) is 13.9. The van der Waals surface area contributed by atoms with Gasteiger partial charge in [-0.25, -0.2) is 4.98 Å². The second kappa shape index (κ2) is 8.57. The Balaban J connectivity index is 1.95. The number of methoxy groups -OCH3 is 2. The van der Waals surface area contributed by atoms with Crippen molar-refractivity contribution >= 4 is 17.7 Å². The average Bonchev–Trinajstić information content (AvgIpc) is 2.61. The molecule has 1 heterocycles. The summed E-state index contributed by atoms with van der Waals surface area (Å²) in [5.74, 6) is 1.27. The highest BCUT2D eigenvalue weighted by molar-refractivity contribution is 5.91. The predicted molar refractivity (Wildman–Crippen MR) is 92.6 cm³/mol. The van der Waals surface area contributed by atoms with Crippen LogP contribution in [0, 0.1) is 0 Å². The number of carbonyl (C=O) groups is 1. The Morgan fingerprint density at radius 2 is 2.00 bits per heavy atom. The van der Waals surface area contributed by atoms with Crippen LogP contribution in [0.25, 0.3) is 6.08 Å². The normalized spacial score (nSPS) is 10.5. The summed E-state index contributed by atoms with van der Waals surface area (Å²) in [6, 6.07) is 8.88. The van der Waals surface area contributed by atoms with Crippen LogP contribution in [0.3, 0.4) is 0 Å². The molecule has 2 aromatic rings. The summed E-state index contributed by atoms with van der Waals surface area (Å²) in [4.78, 5) is 16.0. The molecule has 6 heteroatoms. The van der Waals surface area contributed by atoms with E-state index in [0.29, 0.717) is 23.1 Å². The maximum absolute atomic E-state index is 12.0. The van der Waals surface area contributed by atoms with Gasteiger partial charge in [0, 0.05) is 6.07 Å². The first kappa shape index (κ1) is 17.3. The van der Waals surface area contributed by atoms with E-state index in [9.17, 15) is 4.79 Å². The number of aromatic nitrogens is 1. The highest BCUT2D eigenvalue weighted by Gasteiger charge is 2.09. The van der Waals surface area contributed by atoms with Gasteiger partial charge in [-0.05, 0) is 30.7 Å². The third kappa shape index (κ3) is 4.74. The maximum atomic E-state index is 12.0. The molecule has 0 aliphatic carbocycles. The molecular formula is C18H20N2O4. The second-order valence-electron chi connectivity index (χ2n) is 4.84. The molecule has 0 radical (unpaired) electrons. The van der Waals surface area contributed by atoms with Gasteiger partial charge in [-0.3, -0.25) is 4.79 Å². The number of rotatable bonds is 7. The second-order valence-corrected chi connectivity index (χ2v) is 4.84. The summed E-state index contributed by atoms with van der Waals surface area (Å²) in [6.45, 7) is 1.81. The van der Waals surface area contributed by atoms with Crippen molar-refractivity contribution in [2.45, 2.75) is 6.92 Å². The molecule has 1 aromatic carbocycles. The molecule has 126 valence electrons. The van der Waals surface area contributed by atoms with Crippen LogP contribution in [0.2, 0.25) is 0 Å². The lowest BCUT2D eigenvalue weighted by molar-refractivity contribution is -0.118. The molecule has 0 bridgehead atoms. The molecule has 0 atom stereocenters. The van der Waals surface area contributed by atoms with Crippen molar-refractivity contribution in [2.24, 2.45) is 0 Å². The fraction of sp³-hybridized carbons (Fsp3) is 0.222. The number of benzene rings is 1. The minimum absolute atomic E-state index is 0.134. The summed E-state index contributed by atoms with van der Waals surface area (Å²) in [5, 5.41) is 2.70. The summed E-state index contributed by atoms with van der Waals surface area (Å²) in [6.07, 6.45) is 5.41. The molecule has 2 rings (SSSR count). The van der Waals surface area contributed by atoms with Crippen molar-refractivity contribution in [3.05, 3.63) is 48.2 Å². The van der Waals surface area contributed by atoms with Crippen LogP contribution in [-0.2, 0) is 4.79 Å². The molecule has 1 aromatic heterocycles. The average molecular weight is 328 g/mol. The molecule has 0 saturated heterocycles. The molecule has 24 heavy (non-hydrogen) atoms. The van der Waals surface area contributed by atoms with Gasteiger partial charge in [-0.15, -0.1) is 0 Å². The SMILES string of the molecule is CC=Cc1ccc(OCC(=O)Nc2ccc(OC)nc2)c(OC)c1. The number of pyridine rings is 1. The monoisotopic (exact) mass is 328 g/mol. The third-order valence-electron chi connectivity index (χ3n) is 3.13. The molecule has 6 nitrogen and oxygen atoms in total. The number of nitrogens with one attached hydrogen (secondary N) is 1. The van der Waals surface area contributed by atoms with Crippen LogP contribution in [0.5, 0.6) is 17.4 Å². The molecule has 0 aliphatic rings. The van der Waals surface area contributed by atoms with Crippen LogP contribution in [0.1, 0.15) is 12.5 Å². The summed E-state index contributed by atoms with van der Waals surface area (Å²) >= 11 is 0. The lowest BCUT2D eigenvalue weighted by atomic mass is 10.2.